The number of piperidine rings is 1. The zero-order chi connectivity index (χ0) is 29.7. The molecule has 0 bridgehead atoms. The number of halogens is 2. The van der Waals surface area contributed by atoms with Gasteiger partial charge < -0.3 is 11.1 Å². The van der Waals surface area contributed by atoms with Crippen LogP contribution in [0.2, 0.25) is 0 Å². The van der Waals surface area contributed by atoms with E-state index in [-0.39, 0.29) is 37.4 Å². The number of urea groups is 1. The Labute approximate surface area is 236 Å². The first-order valence-corrected chi connectivity index (χ1v) is 15.6. The SMILES string of the molecule is CCCCCCCCCC1=NC2(CCN(S(=O)(=O)C(F)(F)Cc3c(C)cc(N(C)C(N)=O)cc3C)CC2)C(=O)N1. The summed E-state index contributed by atoms with van der Waals surface area (Å²) in [5, 5.41) is -1.23. The van der Waals surface area contributed by atoms with E-state index in [1.165, 1.54) is 49.8 Å². The van der Waals surface area contributed by atoms with Crippen molar-refractivity contribution in [3.63, 3.8) is 0 Å². The zero-order valence-corrected chi connectivity index (χ0v) is 24.9. The average molecular weight is 584 g/mol. The Morgan fingerprint density at radius 1 is 1.10 bits per heavy atom. The molecule has 3 amide bonds. The number of nitrogens with zero attached hydrogens (tertiary/aromatic N) is 3. The van der Waals surface area contributed by atoms with Gasteiger partial charge in [0, 0.05) is 32.2 Å². The molecule has 1 aromatic carbocycles. The Balaban J connectivity index is 1.63. The van der Waals surface area contributed by atoms with Gasteiger partial charge in [-0.05, 0) is 61.9 Å². The number of nitrogens with two attached hydrogens (primary N) is 1. The van der Waals surface area contributed by atoms with Crippen LogP contribution in [0.15, 0.2) is 17.1 Å². The lowest BCUT2D eigenvalue weighted by molar-refractivity contribution is -0.125. The topological polar surface area (TPSA) is 125 Å². The molecule has 9 nitrogen and oxygen atoms in total. The molecule has 0 saturated carbocycles. The van der Waals surface area contributed by atoms with Crippen LogP contribution in [-0.2, 0) is 21.2 Å². The van der Waals surface area contributed by atoms with Crippen LogP contribution in [-0.4, -0.2) is 61.4 Å². The number of carbonyl (C=O) groups is 2. The van der Waals surface area contributed by atoms with E-state index in [0.717, 1.165) is 23.6 Å². The molecule has 1 saturated heterocycles. The third-order valence-electron chi connectivity index (χ3n) is 8.09. The fourth-order valence-corrected chi connectivity index (χ4v) is 6.81. The van der Waals surface area contributed by atoms with Crippen LogP contribution in [0, 0.1) is 13.8 Å². The summed E-state index contributed by atoms with van der Waals surface area (Å²) in [6, 6.07) is 2.36. The van der Waals surface area contributed by atoms with Crippen LogP contribution in [0.4, 0.5) is 19.3 Å². The number of anilines is 1. The largest absolute Gasteiger partial charge is 0.363 e. The van der Waals surface area contributed by atoms with Crippen molar-refractivity contribution in [2.24, 2.45) is 10.7 Å². The first-order valence-electron chi connectivity index (χ1n) is 14.1. The summed E-state index contributed by atoms with van der Waals surface area (Å²) in [6.07, 6.45) is 7.73. The van der Waals surface area contributed by atoms with Gasteiger partial charge in [0.25, 0.3) is 15.9 Å². The number of amidine groups is 1. The highest BCUT2D eigenvalue weighted by molar-refractivity contribution is 7.90. The van der Waals surface area contributed by atoms with Crippen molar-refractivity contribution in [1.29, 1.82) is 0 Å². The standard InChI is InChI=1S/C28H43F2N5O4S/c1-5-6-7-8-9-10-11-12-24-32-25(36)27(33-24)13-15-35(16-14-27)40(38,39)28(29,30)19-23-20(2)17-22(18-21(23)3)34(4)26(31)37/h17-18H,5-16,19H2,1-4H3,(H2,31,37)(H,32,33,36). The van der Waals surface area contributed by atoms with E-state index in [1.807, 2.05) is 0 Å². The second kappa shape index (κ2) is 12.9. The number of carbonyl (C=O) groups excluding carboxylic acids is 2. The third-order valence-corrected chi connectivity index (χ3v) is 10.0. The highest BCUT2D eigenvalue weighted by Gasteiger charge is 2.53. The first kappa shape index (κ1) is 31.9. The number of amides is 3. The van der Waals surface area contributed by atoms with E-state index >= 15 is 8.78 Å². The van der Waals surface area contributed by atoms with Crippen LogP contribution in [0.5, 0.6) is 0 Å². The molecule has 2 aliphatic rings. The van der Waals surface area contributed by atoms with E-state index in [1.54, 1.807) is 13.8 Å². The van der Waals surface area contributed by atoms with Gasteiger partial charge in [0.15, 0.2) is 0 Å². The van der Waals surface area contributed by atoms with E-state index < -0.39 is 33.3 Å². The van der Waals surface area contributed by atoms with Gasteiger partial charge in [-0.2, -0.15) is 13.1 Å². The number of hydrogen-bond donors (Lipinski definition) is 2. The Bertz CT molecular complexity index is 1200. The number of benzene rings is 1. The molecule has 0 aliphatic carbocycles. The predicted octanol–water partition coefficient (Wildman–Crippen LogP) is 4.79. The van der Waals surface area contributed by atoms with Gasteiger partial charge in [0.1, 0.15) is 11.4 Å². The Morgan fingerprint density at radius 2 is 1.65 bits per heavy atom. The van der Waals surface area contributed by atoms with Crippen molar-refractivity contribution in [3.05, 3.63) is 28.8 Å². The number of aliphatic imine (C=N–C) groups is 1. The van der Waals surface area contributed by atoms with E-state index in [0.29, 0.717) is 29.1 Å². The van der Waals surface area contributed by atoms with Gasteiger partial charge in [0.2, 0.25) is 0 Å². The summed E-state index contributed by atoms with van der Waals surface area (Å²) in [6.45, 7) is 4.95. The highest BCUT2D eigenvalue weighted by atomic mass is 32.2. The number of sulfonamides is 1. The second-order valence-electron chi connectivity index (χ2n) is 11.1. The fourth-order valence-electron chi connectivity index (χ4n) is 5.44. The van der Waals surface area contributed by atoms with Gasteiger partial charge in [-0.15, -0.1) is 0 Å². The molecule has 40 heavy (non-hydrogen) atoms. The Hall–Kier alpha value is -2.60. The van der Waals surface area contributed by atoms with Crippen LogP contribution in [0.25, 0.3) is 0 Å². The van der Waals surface area contributed by atoms with Gasteiger partial charge in [-0.3, -0.25) is 14.7 Å². The number of hydrogen-bond acceptors (Lipinski definition) is 5. The van der Waals surface area contributed by atoms with Crippen LogP contribution >= 0.6 is 0 Å². The van der Waals surface area contributed by atoms with Crippen molar-refractivity contribution in [3.8, 4) is 0 Å². The minimum absolute atomic E-state index is 0.0564. The summed E-state index contributed by atoms with van der Waals surface area (Å²) in [7, 11) is -3.54. The molecule has 0 unspecified atom stereocenters. The molecular weight excluding hydrogens is 540 g/mol. The fraction of sp³-hybridized carbons (Fsp3) is 0.679. The Kier molecular flexibility index (Phi) is 10.3. The zero-order valence-electron chi connectivity index (χ0n) is 24.1. The van der Waals surface area contributed by atoms with E-state index in [9.17, 15) is 18.0 Å². The normalized spacial score (nSPS) is 17.6. The molecule has 0 aromatic heterocycles. The van der Waals surface area contributed by atoms with Crippen molar-refractivity contribution in [2.75, 3.05) is 25.0 Å². The molecular formula is C28H43F2N5O4S. The molecule has 0 radical (unpaired) electrons. The lowest BCUT2D eigenvalue weighted by atomic mass is 9.89. The van der Waals surface area contributed by atoms with E-state index in [2.05, 4.69) is 17.2 Å². The van der Waals surface area contributed by atoms with Gasteiger partial charge in [-0.25, -0.2) is 13.2 Å². The quantitative estimate of drug-likeness (QED) is 0.324. The van der Waals surface area contributed by atoms with Crippen molar-refractivity contribution < 1.29 is 26.8 Å². The number of unbranched alkanes of at least 4 members (excludes halogenated alkanes) is 6. The molecule has 2 heterocycles. The maximum Gasteiger partial charge on any atom is 0.363 e. The number of rotatable bonds is 13. The lowest BCUT2D eigenvalue weighted by Crippen LogP contribution is -2.53. The maximum absolute atomic E-state index is 15.4. The number of aryl methyl sites for hydroxylation is 2. The van der Waals surface area contributed by atoms with Crippen LogP contribution in [0.1, 0.15) is 87.8 Å². The number of alkyl halides is 2. The van der Waals surface area contributed by atoms with Gasteiger partial charge >= 0.3 is 11.3 Å². The van der Waals surface area contributed by atoms with Crippen molar-refractivity contribution >= 4 is 33.5 Å². The van der Waals surface area contributed by atoms with E-state index in [4.69, 9.17) is 5.73 Å². The molecule has 3 rings (SSSR count). The highest BCUT2D eigenvalue weighted by Crippen LogP contribution is 2.37. The average Bonchev–Trinajstić information content (AvgIpc) is 3.19. The Morgan fingerprint density at radius 3 is 2.20 bits per heavy atom. The predicted molar refractivity (Wildman–Crippen MR) is 153 cm³/mol. The molecule has 2 aliphatic heterocycles. The molecule has 3 N–H and O–H groups in total. The van der Waals surface area contributed by atoms with Gasteiger partial charge in [0.05, 0.1) is 6.42 Å². The summed E-state index contributed by atoms with van der Waals surface area (Å²) in [4.78, 5) is 30.1. The molecule has 1 spiro atoms. The molecule has 1 fully saturated rings. The van der Waals surface area contributed by atoms with Crippen molar-refractivity contribution in [2.45, 2.75) is 102 Å². The lowest BCUT2D eigenvalue weighted by Gasteiger charge is -2.36. The minimum atomic E-state index is -5.00. The van der Waals surface area contributed by atoms with Crippen LogP contribution < -0.4 is 16.0 Å². The summed E-state index contributed by atoms with van der Waals surface area (Å²) in [5.41, 5.74) is 5.70. The van der Waals surface area contributed by atoms with Crippen LogP contribution in [0.3, 0.4) is 0 Å². The molecule has 1 aromatic rings. The van der Waals surface area contributed by atoms with Crippen molar-refractivity contribution in [1.82, 2.24) is 9.62 Å². The molecule has 224 valence electrons. The smallest absolute Gasteiger partial charge is 0.351 e. The second-order valence-corrected chi connectivity index (χ2v) is 13.2. The maximum atomic E-state index is 15.4. The summed E-state index contributed by atoms with van der Waals surface area (Å²) < 4.78 is 57.7. The minimum Gasteiger partial charge on any atom is -0.351 e. The first-order chi connectivity index (χ1) is 18.7. The number of primary amides is 1. The summed E-state index contributed by atoms with van der Waals surface area (Å²) >= 11 is 0. The number of nitrogens with one attached hydrogen (secondary N) is 1. The summed E-state index contributed by atoms with van der Waals surface area (Å²) in [5.74, 6) is 0.332. The van der Waals surface area contributed by atoms with Gasteiger partial charge in [-0.1, -0.05) is 45.4 Å². The molecule has 12 heteroatoms. The molecule has 0 atom stereocenters. The monoisotopic (exact) mass is 583 g/mol. The third kappa shape index (κ3) is 6.99.